The van der Waals surface area contributed by atoms with E-state index in [0.717, 1.165) is 48.8 Å². The standard InChI is InChI=1S/C23H21F2N5/c24-17-11-18(25)13-20(12-17)30-23-4-1-3-22(21(23)15-28-30)26-14-16-5-7-19(8-6-16)29-10-2-9-27-29/h2,5-13,15,22,26H,1,3-4,14H2/t22-/m0/s1. The lowest BCUT2D eigenvalue weighted by molar-refractivity contribution is 0.454. The van der Waals surface area contributed by atoms with E-state index in [4.69, 9.17) is 0 Å². The third-order valence-corrected chi connectivity index (χ3v) is 5.53. The minimum atomic E-state index is -0.599. The molecule has 2 heterocycles. The molecule has 2 aromatic heterocycles. The summed E-state index contributed by atoms with van der Waals surface area (Å²) in [5.74, 6) is -1.20. The Morgan fingerprint density at radius 2 is 1.80 bits per heavy atom. The maximum Gasteiger partial charge on any atom is 0.128 e. The van der Waals surface area contributed by atoms with E-state index in [2.05, 4.69) is 27.6 Å². The third-order valence-electron chi connectivity index (χ3n) is 5.53. The number of fused-ring (bicyclic) bond motifs is 1. The summed E-state index contributed by atoms with van der Waals surface area (Å²) in [6, 6.07) is 13.8. The van der Waals surface area contributed by atoms with E-state index >= 15 is 0 Å². The molecule has 1 aliphatic carbocycles. The van der Waals surface area contributed by atoms with Gasteiger partial charge in [-0.15, -0.1) is 0 Å². The Bertz CT molecular complexity index is 1130. The zero-order valence-corrected chi connectivity index (χ0v) is 16.3. The molecule has 5 nitrogen and oxygen atoms in total. The molecule has 1 aliphatic rings. The van der Waals surface area contributed by atoms with Crippen molar-refractivity contribution < 1.29 is 8.78 Å². The Balaban J connectivity index is 1.32. The van der Waals surface area contributed by atoms with Gasteiger partial charge in [0.05, 0.1) is 17.6 Å². The van der Waals surface area contributed by atoms with Crippen LogP contribution in [0.1, 0.15) is 35.7 Å². The first-order chi connectivity index (χ1) is 14.7. The van der Waals surface area contributed by atoms with Gasteiger partial charge >= 0.3 is 0 Å². The Morgan fingerprint density at radius 3 is 2.53 bits per heavy atom. The van der Waals surface area contributed by atoms with Gasteiger partial charge in [0.2, 0.25) is 0 Å². The highest BCUT2D eigenvalue weighted by molar-refractivity contribution is 5.38. The summed E-state index contributed by atoms with van der Waals surface area (Å²) in [5.41, 5.74) is 4.73. The number of benzene rings is 2. The van der Waals surface area contributed by atoms with Gasteiger partial charge in [0.15, 0.2) is 0 Å². The van der Waals surface area contributed by atoms with Crippen LogP contribution in [0.15, 0.2) is 67.1 Å². The van der Waals surface area contributed by atoms with Crippen molar-refractivity contribution in [2.45, 2.75) is 31.8 Å². The van der Waals surface area contributed by atoms with E-state index in [0.29, 0.717) is 5.69 Å². The van der Waals surface area contributed by atoms with Crippen LogP contribution in [0, 0.1) is 11.6 Å². The maximum absolute atomic E-state index is 13.7. The molecule has 0 radical (unpaired) electrons. The second-order valence-electron chi connectivity index (χ2n) is 7.53. The molecule has 0 fully saturated rings. The lowest BCUT2D eigenvalue weighted by atomic mass is 9.92. The van der Waals surface area contributed by atoms with Crippen molar-refractivity contribution in [3.05, 3.63) is 95.6 Å². The fourth-order valence-corrected chi connectivity index (χ4v) is 4.08. The molecule has 0 bridgehead atoms. The van der Waals surface area contributed by atoms with Crippen molar-refractivity contribution in [2.24, 2.45) is 0 Å². The fraction of sp³-hybridized carbons (Fsp3) is 0.217. The Hall–Kier alpha value is -3.32. The number of rotatable bonds is 5. The minimum absolute atomic E-state index is 0.159. The number of aromatic nitrogens is 4. The summed E-state index contributed by atoms with van der Waals surface area (Å²) in [4.78, 5) is 0. The van der Waals surface area contributed by atoms with Crippen LogP contribution in [0.5, 0.6) is 0 Å². The quantitative estimate of drug-likeness (QED) is 0.532. The summed E-state index contributed by atoms with van der Waals surface area (Å²) in [5, 5.41) is 12.3. The van der Waals surface area contributed by atoms with Crippen LogP contribution in [0.2, 0.25) is 0 Å². The maximum atomic E-state index is 13.7. The van der Waals surface area contributed by atoms with Gasteiger partial charge < -0.3 is 5.32 Å². The SMILES string of the molecule is Fc1cc(F)cc(-n2ncc3c2CCC[C@@H]3NCc2ccc(-n3cccn3)cc2)c1. The van der Waals surface area contributed by atoms with Gasteiger partial charge in [-0.05, 0) is 55.2 Å². The predicted molar refractivity (Wildman–Crippen MR) is 110 cm³/mol. The first-order valence-corrected chi connectivity index (χ1v) is 10.0. The highest BCUT2D eigenvalue weighted by atomic mass is 19.1. The molecule has 7 heteroatoms. The van der Waals surface area contributed by atoms with Crippen molar-refractivity contribution in [1.29, 1.82) is 0 Å². The van der Waals surface area contributed by atoms with Crippen LogP contribution in [0.4, 0.5) is 8.78 Å². The molecular weight excluding hydrogens is 384 g/mol. The summed E-state index contributed by atoms with van der Waals surface area (Å²) < 4.78 is 30.8. The van der Waals surface area contributed by atoms with Gasteiger partial charge in [-0.2, -0.15) is 10.2 Å². The summed E-state index contributed by atoms with van der Waals surface area (Å²) in [6.45, 7) is 0.725. The molecule has 2 aromatic carbocycles. The van der Waals surface area contributed by atoms with Gasteiger partial charge in [-0.1, -0.05) is 12.1 Å². The first kappa shape index (κ1) is 18.7. The van der Waals surface area contributed by atoms with Gasteiger partial charge in [0.1, 0.15) is 11.6 Å². The van der Waals surface area contributed by atoms with Crippen LogP contribution >= 0.6 is 0 Å². The average molecular weight is 405 g/mol. The van der Waals surface area contributed by atoms with Crippen molar-refractivity contribution in [2.75, 3.05) is 0 Å². The predicted octanol–water partition coefficient (Wildman–Crippen LogP) is 4.50. The lowest BCUT2D eigenvalue weighted by Gasteiger charge is -2.24. The minimum Gasteiger partial charge on any atom is -0.306 e. The first-order valence-electron chi connectivity index (χ1n) is 10.0. The summed E-state index contributed by atoms with van der Waals surface area (Å²) >= 11 is 0. The highest BCUT2D eigenvalue weighted by Crippen LogP contribution is 2.31. The number of hydrogen-bond acceptors (Lipinski definition) is 3. The second kappa shape index (κ2) is 7.84. The normalized spacial score (nSPS) is 15.9. The van der Waals surface area contributed by atoms with Crippen LogP contribution in [-0.4, -0.2) is 19.6 Å². The van der Waals surface area contributed by atoms with Crippen LogP contribution in [0.25, 0.3) is 11.4 Å². The number of nitrogens with zero attached hydrogens (tertiary/aromatic N) is 4. The molecule has 0 saturated carbocycles. The van der Waals surface area contributed by atoms with E-state index in [1.165, 1.54) is 17.7 Å². The smallest absolute Gasteiger partial charge is 0.128 e. The molecule has 0 spiro atoms. The van der Waals surface area contributed by atoms with Gasteiger partial charge in [0, 0.05) is 42.3 Å². The molecular formula is C23H21F2N5. The number of halogens is 2. The fourth-order valence-electron chi connectivity index (χ4n) is 4.08. The molecule has 30 heavy (non-hydrogen) atoms. The third kappa shape index (κ3) is 3.64. The van der Waals surface area contributed by atoms with E-state index < -0.39 is 11.6 Å². The molecule has 0 saturated heterocycles. The van der Waals surface area contributed by atoms with Crippen molar-refractivity contribution in [1.82, 2.24) is 24.9 Å². The second-order valence-corrected chi connectivity index (χ2v) is 7.53. The molecule has 4 aromatic rings. The van der Waals surface area contributed by atoms with Crippen LogP contribution < -0.4 is 5.32 Å². The monoisotopic (exact) mass is 405 g/mol. The molecule has 0 aliphatic heterocycles. The zero-order chi connectivity index (χ0) is 20.5. The highest BCUT2D eigenvalue weighted by Gasteiger charge is 2.24. The topological polar surface area (TPSA) is 47.7 Å². The lowest BCUT2D eigenvalue weighted by Crippen LogP contribution is -2.25. The van der Waals surface area contributed by atoms with Crippen LogP contribution in [0.3, 0.4) is 0 Å². The molecule has 0 unspecified atom stereocenters. The number of nitrogens with one attached hydrogen (secondary N) is 1. The van der Waals surface area contributed by atoms with E-state index in [1.54, 1.807) is 10.9 Å². The molecule has 0 amide bonds. The van der Waals surface area contributed by atoms with E-state index in [1.807, 2.05) is 35.3 Å². The molecule has 1 N–H and O–H groups in total. The van der Waals surface area contributed by atoms with Gasteiger partial charge in [0.25, 0.3) is 0 Å². The Kier molecular flexibility index (Phi) is 4.88. The van der Waals surface area contributed by atoms with E-state index in [9.17, 15) is 8.78 Å². The summed E-state index contributed by atoms with van der Waals surface area (Å²) in [7, 11) is 0. The molecule has 152 valence electrons. The Morgan fingerprint density at radius 1 is 1.00 bits per heavy atom. The van der Waals surface area contributed by atoms with Crippen LogP contribution in [-0.2, 0) is 13.0 Å². The van der Waals surface area contributed by atoms with E-state index in [-0.39, 0.29) is 6.04 Å². The Labute approximate surface area is 173 Å². The number of hydrogen-bond donors (Lipinski definition) is 1. The van der Waals surface area contributed by atoms with Gasteiger partial charge in [-0.25, -0.2) is 18.1 Å². The molecule has 1 atom stereocenters. The van der Waals surface area contributed by atoms with Gasteiger partial charge in [-0.3, -0.25) is 0 Å². The van der Waals surface area contributed by atoms with Crippen molar-refractivity contribution >= 4 is 0 Å². The average Bonchev–Trinajstić information content (AvgIpc) is 3.42. The zero-order valence-electron chi connectivity index (χ0n) is 16.3. The summed E-state index contributed by atoms with van der Waals surface area (Å²) in [6.07, 6.45) is 8.32. The van der Waals surface area contributed by atoms with Crippen molar-refractivity contribution in [3.8, 4) is 11.4 Å². The molecule has 5 rings (SSSR count). The largest absolute Gasteiger partial charge is 0.306 e. The van der Waals surface area contributed by atoms with Crippen molar-refractivity contribution in [3.63, 3.8) is 0 Å².